The summed E-state index contributed by atoms with van der Waals surface area (Å²) in [5.74, 6) is 0. The maximum atomic E-state index is 9.75. The van der Waals surface area contributed by atoms with Gasteiger partial charge in [-0.15, -0.1) is 0 Å². The molecule has 0 fully saturated rings. The van der Waals surface area contributed by atoms with Crippen LogP contribution in [0.2, 0.25) is 0 Å². The van der Waals surface area contributed by atoms with Crippen LogP contribution in [-0.2, 0) is 0 Å². The fourth-order valence-corrected chi connectivity index (χ4v) is 1.34. The van der Waals surface area contributed by atoms with Crippen LogP contribution in [-0.4, -0.2) is 37.9 Å². The van der Waals surface area contributed by atoms with Crippen LogP contribution in [0, 0.1) is 0 Å². The van der Waals surface area contributed by atoms with Crippen molar-refractivity contribution in [2.75, 3.05) is 26.2 Å². The monoisotopic (exact) mass is 259 g/mol. The Bertz CT molecular complexity index is 121. The number of rotatable bonds is 4. The number of hydrogen-bond acceptors (Lipinski definition) is 0. The van der Waals surface area contributed by atoms with Crippen LogP contribution in [0.5, 0.6) is 0 Å². The number of quaternary nitrogens is 1. The molecule has 0 unspecified atom stereocenters. The smallest absolute Gasteiger partial charge is 1.00 e. The first kappa shape index (κ1) is 25.5. The van der Waals surface area contributed by atoms with Gasteiger partial charge in [0.2, 0.25) is 0 Å². The van der Waals surface area contributed by atoms with E-state index < -0.39 is 7.25 Å². The second-order valence-corrected chi connectivity index (χ2v) is 3.10. The average molecular weight is 259 g/mol. The van der Waals surface area contributed by atoms with Gasteiger partial charge in [-0.25, -0.2) is 0 Å². The minimum atomic E-state index is -6.00. The molecule has 0 spiro atoms. The van der Waals surface area contributed by atoms with Crippen molar-refractivity contribution in [2.24, 2.45) is 0 Å². The van der Waals surface area contributed by atoms with Crippen molar-refractivity contribution in [1.29, 1.82) is 0 Å². The van der Waals surface area contributed by atoms with Gasteiger partial charge in [0.1, 0.15) is 0 Å². The van der Waals surface area contributed by atoms with Crippen molar-refractivity contribution in [1.82, 2.24) is 0 Å². The third-order valence-electron chi connectivity index (χ3n) is 2.68. The van der Waals surface area contributed by atoms with Gasteiger partial charge in [-0.1, -0.05) is 0 Å². The molecule has 0 amide bonds. The molecule has 0 aromatic heterocycles. The van der Waals surface area contributed by atoms with Crippen LogP contribution in [0.4, 0.5) is 17.3 Å². The molecule has 0 radical (unpaired) electrons. The topological polar surface area (TPSA) is 0 Å². The Morgan fingerprint density at radius 3 is 0.875 bits per heavy atom. The SMILES string of the molecule is CC[N+](CC)(CC)CC.F[B-](F)(F)F.[Cl-].[Li+]. The van der Waals surface area contributed by atoms with Crippen LogP contribution < -0.4 is 31.3 Å². The van der Waals surface area contributed by atoms with Gasteiger partial charge in [0, 0.05) is 0 Å². The van der Waals surface area contributed by atoms with E-state index >= 15 is 0 Å². The van der Waals surface area contributed by atoms with Crippen molar-refractivity contribution in [3.05, 3.63) is 0 Å². The molecular formula is C8H20BClF4LiN. The Morgan fingerprint density at radius 1 is 0.750 bits per heavy atom. The van der Waals surface area contributed by atoms with E-state index in [4.69, 9.17) is 0 Å². The first-order valence-electron chi connectivity index (χ1n) is 4.97. The summed E-state index contributed by atoms with van der Waals surface area (Å²) in [6.45, 7) is 14.2. The van der Waals surface area contributed by atoms with Gasteiger partial charge in [-0.2, -0.15) is 0 Å². The second kappa shape index (κ2) is 12.1. The molecule has 0 rings (SSSR count). The average Bonchev–Trinajstić information content (AvgIpc) is 2.07. The third kappa shape index (κ3) is 17.0. The maximum absolute atomic E-state index is 9.75. The molecule has 0 aliphatic rings. The molecule has 0 aromatic rings. The Hall–Kier alpha value is 0.632. The summed E-state index contributed by atoms with van der Waals surface area (Å²) < 4.78 is 40.3. The van der Waals surface area contributed by atoms with E-state index in [0.29, 0.717) is 0 Å². The van der Waals surface area contributed by atoms with Crippen molar-refractivity contribution in [3.8, 4) is 0 Å². The molecule has 0 aliphatic carbocycles. The molecule has 0 bridgehead atoms. The van der Waals surface area contributed by atoms with Crippen molar-refractivity contribution in [2.45, 2.75) is 27.7 Å². The largest absolute Gasteiger partial charge is 1.00 e. The standard InChI is InChI=1S/C8H20N.BF4.ClH.Li/c1-5-9(6-2,7-3)8-4;2-1(3,4)5;;/h5-8H2,1-4H3;;1H;/q+1;-1;;+1/p-1. The van der Waals surface area contributed by atoms with E-state index in [1.807, 2.05) is 0 Å². The summed E-state index contributed by atoms with van der Waals surface area (Å²) in [5.41, 5.74) is 0. The molecule has 0 aliphatic heterocycles. The second-order valence-electron chi connectivity index (χ2n) is 3.10. The molecule has 0 atom stereocenters. The molecule has 8 heteroatoms. The molecular weight excluding hydrogens is 239 g/mol. The van der Waals surface area contributed by atoms with Crippen molar-refractivity contribution in [3.63, 3.8) is 0 Å². The Balaban J connectivity index is -0.0000000904. The summed E-state index contributed by atoms with van der Waals surface area (Å²) in [5, 5.41) is 0. The van der Waals surface area contributed by atoms with Gasteiger partial charge in [-0.3, -0.25) is 0 Å². The van der Waals surface area contributed by atoms with Crippen LogP contribution in [0.25, 0.3) is 0 Å². The molecule has 1 nitrogen and oxygen atoms in total. The predicted octanol–water partition coefficient (Wildman–Crippen LogP) is -2.81. The van der Waals surface area contributed by atoms with E-state index in [-0.39, 0.29) is 31.3 Å². The fraction of sp³-hybridized carbons (Fsp3) is 1.00. The molecule has 96 valence electrons. The van der Waals surface area contributed by atoms with Gasteiger partial charge in [0.25, 0.3) is 0 Å². The van der Waals surface area contributed by atoms with Crippen LogP contribution in [0.3, 0.4) is 0 Å². The summed E-state index contributed by atoms with van der Waals surface area (Å²) in [6.07, 6.45) is 0. The molecule has 0 saturated carbocycles. The van der Waals surface area contributed by atoms with Crippen LogP contribution in [0.1, 0.15) is 27.7 Å². The summed E-state index contributed by atoms with van der Waals surface area (Å²) in [7, 11) is -6.00. The van der Waals surface area contributed by atoms with E-state index in [1.54, 1.807) is 0 Å². The quantitative estimate of drug-likeness (QED) is 0.291. The zero-order chi connectivity index (χ0) is 11.8. The number of halogens is 5. The van der Waals surface area contributed by atoms with Gasteiger partial charge in [-0.05, 0) is 27.7 Å². The summed E-state index contributed by atoms with van der Waals surface area (Å²) >= 11 is 0. The molecule has 0 N–H and O–H groups in total. The molecule has 16 heavy (non-hydrogen) atoms. The Morgan fingerprint density at radius 2 is 0.875 bits per heavy atom. The minimum Gasteiger partial charge on any atom is -1.00 e. The van der Waals surface area contributed by atoms with E-state index in [2.05, 4.69) is 27.7 Å². The van der Waals surface area contributed by atoms with Gasteiger partial charge >= 0.3 is 26.1 Å². The van der Waals surface area contributed by atoms with E-state index in [9.17, 15) is 17.3 Å². The fourth-order valence-electron chi connectivity index (χ4n) is 1.34. The van der Waals surface area contributed by atoms with Crippen LogP contribution in [0.15, 0.2) is 0 Å². The van der Waals surface area contributed by atoms with Gasteiger partial charge in [0.15, 0.2) is 0 Å². The Labute approximate surface area is 114 Å². The zero-order valence-corrected chi connectivity index (χ0v) is 11.5. The minimum absolute atomic E-state index is 0. The van der Waals surface area contributed by atoms with E-state index in [1.165, 1.54) is 30.7 Å². The van der Waals surface area contributed by atoms with Crippen molar-refractivity contribution >= 4 is 7.25 Å². The summed E-state index contributed by atoms with van der Waals surface area (Å²) in [6, 6.07) is 0. The van der Waals surface area contributed by atoms with Crippen molar-refractivity contribution < 1.29 is 53.0 Å². The number of hydrogen-bond donors (Lipinski definition) is 0. The van der Waals surface area contributed by atoms with Gasteiger partial charge < -0.3 is 34.2 Å². The Kier molecular flexibility index (Phi) is 19.3. The maximum Gasteiger partial charge on any atom is 1.00 e. The van der Waals surface area contributed by atoms with Gasteiger partial charge in [0.05, 0.1) is 26.2 Å². The predicted molar refractivity (Wildman–Crippen MR) is 52.6 cm³/mol. The molecule has 0 aromatic carbocycles. The first-order valence-corrected chi connectivity index (χ1v) is 4.97. The summed E-state index contributed by atoms with van der Waals surface area (Å²) in [4.78, 5) is 0. The zero-order valence-electron chi connectivity index (χ0n) is 10.7. The normalized spacial score (nSPS) is 10.5. The van der Waals surface area contributed by atoms with E-state index in [0.717, 1.165) is 0 Å². The molecule has 0 saturated heterocycles. The third-order valence-corrected chi connectivity index (χ3v) is 2.68. The molecule has 0 heterocycles. The van der Waals surface area contributed by atoms with Crippen LogP contribution >= 0.6 is 0 Å². The number of nitrogens with zero attached hydrogens (tertiary/aromatic N) is 1. The first-order chi connectivity index (χ1) is 6.24.